The van der Waals surface area contributed by atoms with E-state index < -0.39 is 0 Å². The fourth-order valence-electron chi connectivity index (χ4n) is 2.71. The zero-order valence-electron chi connectivity index (χ0n) is 14.6. The Balaban J connectivity index is 1.76. The lowest BCUT2D eigenvalue weighted by atomic mass is 10.0. The Hall–Kier alpha value is -3.10. The molecule has 0 spiro atoms. The maximum atomic E-state index is 12.3. The molecule has 5 heteroatoms. The van der Waals surface area contributed by atoms with Crippen LogP contribution in [0.5, 0.6) is 5.75 Å². The molecule has 3 aromatic rings. The van der Waals surface area contributed by atoms with Gasteiger partial charge in [-0.2, -0.15) is 5.26 Å². The molecule has 0 saturated heterocycles. The van der Waals surface area contributed by atoms with Crippen LogP contribution in [0.1, 0.15) is 16.0 Å². The van der Waals surface area contributed by atoms with Crippen molar-refractivity contribution in [3.8, 4) is 22.9 Å². The Labute approximate surface area is 156 Å². The van der Waals surface area contributed by atoms with E-state index in [1.807, 2.05) is 68.4 Å². The van der Waals surface area contributed by atoms with Gasteiger partial charge in [-0.3, -0.25) is 4.79 Å². The van der Waals surface area contributed by atoms with Crippen LogP contribution in [0.3, 0.4) is 0 Å². The van der Waals surface area contributed by atoms with Crippen molar-refractivity contribution in [3.63, 3.8) is 0 Å². The third kappa shape index (κ3) is 3.93. The number of hydrogen-bond acceptors (Lipinski definition) is 4. The summed E-state index contributed by atoms with van der Waals surface area (Å²) in [5.41, 5.74) is 3.39. The molecule has 1 N–H and O–H groups in total. The molecule has 0 unspecified atom stereocenters. The second-order valence-corrected chi connectivity index (χ2v) is 7.09. The van der Waals surface area contributed by atoms with E-state index >= 15 is 0 Å². The zero-order chi connectivity index (χ0) is 18.5. The molecule has 2 aromatic carbocycles. The van der Waals surface area contributed by atoms with Crippen LogP contribution in [-0.2, 0) is 4.79 Å². The normalized spacial score (nSPS) is 10.2. The molecular weight excluding hydrogens is 344 g/mol. The number of thiophene rings is 1. The minimum Gasteiger partial charge on any atom is -0.484 e. The summed E-state index contributed by atoms with van der Waals surface area (Å²) in [4.78, 5) is 13.2. The van der Waals surface area contributed by atoms with E-state index in [1.165, 1.54) is 11.3 Å². The average molecular weight is 362 g/mol. The van der Waals surface area contributed by atoms with Gasteiger partial charge in [0.25, 0.3) is 5.91 Å². The summed E-state index contributed by atoms with van der Waals surface area (Å²) < 4.78 is 5.53. The maximum Gasteiger partial charge on any atom is 0.262 e. The Morgan fingerprint density at radius 2 is 1.92 bits per heavy atom. The molecule has 1 amide bonds. The molecule has 0 aliphatic carbocycles. The van der Waals surface area contributed by atoms with Gasteiger partial charge in [-0.1, -0.05) is 42.5 Å². The minimum atomic E-state index is -0.288. The first-order valence-corrected chi connectivity index (χ1v) is 8.98. The molecule has 0 saturated carbocycles. The predicted molar refractivity (Wildman–Crippen MR) is 105 cm³/mol. The summed E-state index contributed by atoms with van der Waals surface area (Å²) in [6.07, 6.45) is 0. The van der Waals surface area contributed by atoms with Crippen molar-refractivity contribution in [1.29, 1.82) is 5.26 Å². The Morgan fingerprint density at radius 1 is 1.15 bits per heavy atom. The third-order valence-corrected chi connectivity index (χ3v) is 4.89. The number of aryl methyl sites for hydroxylation is 2. The summed E-state index contributed by atoms with van der Waals surface area (Å²) in [6.45, 7) is 3.81. The first-order chi connectivity index (χ1) is 12.6. The Bertz CT molecular complexity index is 971. The summed E-state index contributed by atoms with van der Waals surface area (Å²) in [6, 6.07) is 19.5. The van der Waals surface area contributed by atoms with E-state index in [-0.39, 0.29) is 12.5 Å². The van der Waals surface area contributed by atoms with Crippen molar-refractivity contribution in [2.24, 2.45) is 0 Å². The van der Waals surface area contributed by atoms with Gasteiger partial charge < -0.3 is 10.1 Å². The number of rotatable bonds is 5. The second-order valence-electron chi connectivity index (χ2n) is 5.87. The summed E-state index contributed by atoms with van der Waals surface area (Å²) in [5.74, 6) is 0.358. The van der Waals surface area contributed by atoms with Crippen LogP contribution in [0, 0.1) is 25.2 Å². The number of nitriles is 1. The number of benzene rings is 2. The Morgan fingerprint density at radius 3 is 2.62 bits per heavy atom. The number of amides is 1. The molecule has 0 bridgehead atoms. The lowest BCUT2D eigenvalue weighted by molar-refractivity contribution is -0.118. The highest BCUT2D eigenvalue weighted by molar-refractivity contribution is 7.17. The van der Waals surface area contributed by atoms with Gasteiger partial charge in [-0.05, 0) is 37.1 Å². The van der Waals surface area contributed by atoms with Crippen LogP contribution >= 0.6 is 11.3 Å². The van der Waals surface area contributed by atoms with E-state index in [4.69, 9.17) is 4.74 Å². The van der Waals surface area contributed by atoms with Gasteiger partial charge in [-0.15, -0.1) is 11.3 Å². The highest BCUT2D eigenvalue weighted by Crippen LogP contribution is 2.39. The van der Waals surface area contributed by atoms with E-state index in [9.17, 15) is 10.1 Å². The van der Waals surface area contributed by atoms with E-state index in [2.05, 4.69) is 11.4 Å². The van der Waals surface area contributed by atoms with Crippen molar-refractivity contribution in [2.75, 3.05) is 11.9 Å². The average Bonchev–Trinajstić information content (AvgIpc) is 2.95. The van der Waals surface area contributed by atoms with E-state index in [1.54, 1.807) is 0 Å². The SMILES string of the molecule is Cc1cccc(OCC(=O)Nc2sc(C)c(-c3ccccc3)c2C#N)c1. The molecule has 1 aromatic heterocycles. The molecular formula is C21H18N2O2S. The van der Waals surface area contributed by atoms with Crippen LogP contribution in [0.25, 0.3) is 11.1 Å². The highest BCUT2D eigenvalue weighted by Gasteiger charge is 2.18. The number of carbonyl (C=O) groups excluding carboxylic acids is 1. The zero-order valence-corrected chi connectivity index (χ0v) is 15.4. The smallest absolute Gasteiger partial charge is 0.262 e. The first-order valence-electron chi connectivity index (χ1n) is 8.16. The molecule has 1 heterocycles. The van der Waals surface area contributed by atoms with Crippen molar-refractivity contribution in [3.05, 3.63) is 70.6 Å². The molecule has 4 nitrogen and oxygen atoms in total. The molecule has 0 fully saturated rings. The minimum absolute atomic E-state index is 0.105. The van der Waals surface area contributed by atoms with Gasteiger partial charge in [-0.25, -0.2) is 0 Å². The standard InChI is InChI=1S/C21H18N2O2S/c1-14-7-6-10-17(11-14)25-13-19(24)23-21-18(12-22)20(15(2)26-21)16-8-4-3-5-9-16/h3-11H,13H2,1-2H3,(H,23,24). The fourth-order valence-corrected chi connectivity index (χ4v) is 3.75. The van der Waals surface area contributed by atoms with Gasteiger partial charge in [0, 0.05) is 10.4 Å². The van der Waals surface area contributed by atoms with Gasteiger partial charge in [0.2, 0.25) is 0 Å². The maximum absolute atomic E-state index is 12.3. The number of carbonyl (C=O) groups is 1. The fraction of sp³-hybridized carbons (Fsp3) is 0.143. The van der Waals surface area contributed by atoms with Crippen molar-refractivity contribution in [1.82, 2.24) is 0 Å². The quantitative estimate of drug-likeness (QED) is 0.701. The molecule has 130 valence electrons. The molecule has 0 radical (unpaired) electrons. The van der Waals surface area contributed by atoms with Gasteiger partial charge in [0.15, 0.2) is 6.61 Å². The molecule has 0 aliphatic heterocycles. The van der Waals surface area contributed by atoms with Crippen LogP contribution in [0.15, 0.2) is 54.6 Å². The van der Waals surface area contributed by atoms with Crippen LogP contribution in [0.2, 0.25) is 0 Å². The molecule has 0 aliphatic rings. The predicted octanol–water partition coefficient (Wildman–Crippen LogP) is 4.92. The van der Waals surface area contributed by atoms with E-state index in [0.717, 1.165) is 21.6 Å². The second kappa shape index (κ2) is 7.85. The van der Waals surface area contributed by atoms with E-state index in [0.29, 0.717) is 16.3 Å². The largest absolute Gasteiger partial charge is 0.484 e. The van der Waals surface area contributed by atoms with Gasteiger partial charge in [0.1, 0.15) is 16.8 Å². The van der Waals surface area contributed by atoms with Crippen LogP contribution < -0.4 is 10.1 Å². The number of nitrogens with zero attached hydrogens (tertiary/aromatic N) is 1. The summed E-state index contributed by atoms with van der Waals surface area (Å²) in [5, 5.41) is 13.0. The topological polar surface area (TPSA) is 62.1 Å². The molecule has 0 atom stereocenters. The monoisotopic (exact) mass is 362 g/mol. The molecule has 26 heavy (non-hydrogen) atoms. The summed E-state index contributed by atoms with van der Waals surface area (Å²) in [7, 11) is 0. The lowest BCUT2D eigenvalue weighted by Crippen LogP contribution is -2.20. The van der Waals surface area contributed by atoms with Crippen LogP contribution in [0.4, 0.5) is 5.00 Å². The van der Waals surface area contributed by atoms with Crippen molar-refractivity contribution in [2.45, 2.75) is 13.8 Å². The van der Waals surface area contributed by atoms with Crippen molar-refractivity contribution >= 4 is 22.2 Å². The number of hydrogen-bond donors (Lipinski definition) is 1. The Kier molecular flexibility index (Phi) is 5.35. The molecule has 3 rings (SSSR count). The van der Waals surface area contributed by atoms with Gasteiger partial charge in [0.05, 0.1) is 5.56 Å². The number of anilines is 1. The van der Waals surface area contributed by atoms with Crippen LogP contribution in [-0.4, -0.2) is 12.5 Å². The highest BCUT2D eigenvalue weighted by atomic mass is 32.1. The van der Waals surface area contributed by atoms with Crippen molar-refractivity contribution < 1.29 is 9.53 Å². The van der Waals surface area contributed by atoms with Gasteiger partial charge >= 0.3 is 0 Å². The third-order valence-electron chi connectivity index (χ3n) is 3.87. The lowest BCUT2D eigenvalue weighted by Gasteiger charge is -2.07. The summed E-state index contributed by atoms with van der Waals surface area (Å²) >= 11 is 1.40. The number of nitrogens with one attached hydrogen (secondary N) is 1. The first kappa shape index (κ1) is 17.7. The number of ether oxygens (including phenoxy) is 1.